The van der Waals surface area contributed by atoms with Gasteiger partial charge in [0.2, 0.25) is 0 Å². The standard InChI is InChI=1S/C9H13Cl/c10-9-3-1-6(2-4-9)7-5-8(7)9/h6-8H,1-5H2/t6?,7-,8-,9?/m0/s1. The van der Waals surface area contributed by atoms with Crippen molar-refractivity contribution in [3.05, 3.63) is 0 Å². The Morgan fingerprint density at radius 3 is 2.40 bits per heavy atom. The fourth-order valence-corrected chi connectivity index (χ4v) is 3.72. The highest BCUT2D eigenvalue weighted by Gasteiger charge is 2.60. The van der Waals surface area contributed by atoms with Gasteiger partial charge < -0.3 is 0 Å². The van der Waals surface area contributed by atoms with Gasteiger partial charge in [-0.25, -0.2) is 0 Å². The van der Waals surface area contributed by atoms with Crippen molar-refractivity contribution in [2.24, 2.45) is 17.8 Å². The van der Waals surface area contributed by atoms with E-state index in [4.69, 9.17) is 11.6 Å². The summed E-state index contributed by atoms with van der Waals surface area (Å²) in [6, 6.07) is 0. The third-order valence-corrected chi connectivity index (χ3v) is 4.63. The second-order valence-electron chi connectivity index (χ2n) is 4.38. The lowest BCUT2D eigenvalue weighted by Gasteiger charge is -2.41. The molecule has 4 aliphatic carbocycles. The van der Waals surface area contributed by atoms with Crippen molar-refractivity contribution in [1.29, 1.82) is 0 Å². The Labute approximate surface area is 66.9 Å². The Kier molecular flexibility index (Phi) is 0.912. The molecule has 4 saturated carbocycles. The number of alkyl halides is 1. The van der Waals surface area contributed by atoms with Gasteiger partial charge in [-0.05, 0) is 49.9 Å². The number of fused-ring (bicyclic) bond motifs is 2. The number of hydrogen-bond acceptors (Lipinski definition) is 0. The lowest BCUT2D eigenvalue weighted by molar-refractivity contribution is 0.182. The van der Waals surface area contributed by atoms with Gasteiger partial charge >= 0.3 is 0 Å². The molecular weight excluding hydrogens is 144 g/mol. The normalized spacial score (nSPS) is 63.9. The van der Waals surface area contributed by atoms with Crippen LogP contribution in [0.2, 0.25) is 0 Å². The fourth-order valence-electron chi connectivity index (χ4n) is 3.25. The van der Waals surface area contributed by atoms with Gasteiger partial charge in [-0.2, -0.15) is 0 Å². The quantitative estimate of drug-likeness (QED) is 0.474. The fraction of sp³-hybridized carbons (Fsp3) is 1.00. The van der Waals surface area contributed by atoms with Crippen molar-refractivity contribution in [2.75, 3.05) is 0 Å². The maximum atomic E-state index is 6.49. The number of halogens is 1. The molecule has 2 atom stereocenters. The van der Waals surface area contributed by atoms with Gasteiger partial charge in [0.1, 0.15) is 0 Å². The van der Waals surface area contributed by atoms with Crippen LogP contribution in [-0.4, -0.2) is 4.87 Å². The molecule has 0 aliphatic heterocycles. The highest BCUT2D eigenvalue weighted by atomic mass is 35.5. The van der Waals surface area contributed by atoms with Crippen LogP contribution in [0.1, 0.15) is 32.1 Å². The van der Waals surface area contributed by atoms with Gasteiger partial charge in [0.25, 0.3) is 0 Å². The molecule has 4 rings (SSSR count). The Hall–Kier alpha value is 0.290. The van der Waals surface area contributed by atoms with E-state index < -0.39 is 0 Å². The van der Waals surface area contributed by atoms with E-state index in [0.29, 0.717) is 4.87 Å². The van der Waals surface area contributed by atoms with Gasteiger partial charge in [-0.1, -0.05) is 0 Å². The molecule has 2 bridgehead atoms. The Morgan fingerprint density at radius 1 is 1.20 bits per heavy atom. The number of hydrogen-bond donors (Lipinski definition) is 0. The molecule has 0 unspecified atom stereocenters. The molecule has 0 heterocycles. The first-order chi connectivity index (χ1) is 4.80. The van der Waals surface area contributed by atoms with Crippen LogP contribution in [0.5, 0.6) is 0 Å². The monoisotopic (exact) mass is 156 g/mol. The van der Waals surface area contributed by atoms with Crippen molar-refractivity contribution in [1.82, 2.24) is 0 Å². The second kappa shape index (κ2) is 1.55. The molecule has 1 heteroatoms. The Morgan fingerprint density at radius 2 is 1.90 bits per heavy atom. The van der Waals surface area contributed by atoms with Crippen molar-refractivity contribution in [3.63, 3.8) is 0 Å². The van der Waals surface area contributed by atoms with Crippen LogP contribution in [0.25, 0.3) is 0 Å². The van der Waals surface area contributed by atoms with Crippen LogP contribution < -0.4 is 0 Å². The summed E-state index contributed by atoms with van der Waals surface area (Å²) in [4.78, 5) is 0.291. The van der Waals surface area contributed by atoms with E-state index in [2.05, 4.69) is 0 Å². The Bertz CT molecular complexity index is 168. The maximum absolute atomic E-state index is 6.49. The van der Waals surface area contributed by atoms with E-state index in [0.717, 1.165) is 17.8 Å². The molecule has 0 radical (unpaired) electrons. The summed E-state index contributed by atoms with van der Waals surface area (Å²) >= 11 is 6.49. The molecule has 0 saturated heterocycles. The van der Waals surface area contributed by atoms with Crippen molar-refractivity contribution >= 4 is 11.6 Å². The van der Waals surface area contributed by atoms with E-state index >= 15 is 0 Å². The summed E-state index contributed by atoms with van der Waals surface area (Å²) in [6.07, 6.45) is 6.98. The summed E-state index contributed by atoms with van der Waals surface area (Å²) in [6.45, 7) is 0. The van der Waals surface area contributed by atoms with E-state index in [9.17, 15) is 0 Å². The molecule has 0 amide bonds. The molecular formula is C9H13Cl. The van der Waals surface area contributed by atoms with E-state index in [1.54, 1.807) is 0 Å². The third-order valence-electron chi connectivity index (χ3n) is 3.97. The molecule has 4 fully saturated rings. The van der Waals surface area contributed by atoms with Crippen LogP contribution in [0.15, 0.2) is 0 Å². The highest BCUT2D eigenvalue weighted by molar-refractivity contribution is 6.24. The minimum absolute atomic E-state index is 0.291. The smallest absolute Gasteiger partial charge is 0.0478 e. The average Bonchev–Trinajstić information content (AvgIpc) is 2.68. The SMILES string of the molecule is ClC12CCC(CC1)[C@@H]1C[C@@H]12. The van der Waals surface area contributed by atoms with Crippen LogP contribution in [-0.2, 0) is 0 Å². The first kappa shape index (κ1) is 5.88. The summed E-state index contributed by atoms with van der Waals surface area (Å²) in [5.41, 5.74) is 0. The van der Waals surface area contributed by atoms with Crippen LogP contribution in [0, 0.1) is 17.8 Å². The second-order valence-corrected chi connectivity index (χ2v) is 5.13. The molecule has 0 nitrogen and oxygen atoms in total. The predicted molar refractivity (Wildman–Crippen MR) is 42.1 cm³/mol. The van der Waals surface area contributed by atoms with Gasteiger partial charge in [-0.15, -0.1) is 11.6 Å². The Balaban J connectivity index is 1.98. The molecule has 4 aliphatic rings. The molecule has 0 aromatic rings. The van der Waals surface area contributed by atoms with Crippen LogP contribution in [0.3, 0.4) is 0 Å². The molecule has 56 valence electrons. The van der Waals surface area contributed by atoms with Gasteiger partial charge in [0, 0.05) is 4.87 Å². The van der Waals surface area contributed by atoms with Crippen LogP contribution >= 0.6 is 11.6 Å². The zero-order valence-corrected chi connectivity index (χ0v) is 6.90. The van der Waals surface area contributed by atoms with Crippen molar-refractivity contribution < 1.29 is 0 Å². The minimum Gasteiger partial charge on any atom is -0.119 e. The zero-order valence-electron chi connectivity index (χ0n) is 6.15. The topological polar surface area (TPSA) is 0 Å². The summed E-state index contributed by atoms with van der Waals surface area (Å²) < 4.78 is 0. The minimum atomic E-state index is 0.291. The van der Waals surface area contributed by atoms with Gasteiger partial charge in [-0.3, -0.25) is 0 Å². The van der Waals surface area contributed by atoms with Gasteiger partial charge in [0.05, 0.1) is 0 Å². The van der Waals surface area contributed by atoms with E-state index in [1.165, 1.54) is 32.1 Å². The molecule has 0 aromatic carbocycles. The summed E-state index contributed by atoms with van der Waals surface area (Å²) in [7, 11) is 0. The average molecular weight is 157 g/mol. The number of rotatable bonds is 0. The lowest BCUT2D eigenvalue weighted by Crippen LogP contribution is -2.37. The summed E-state index contributed by atoms with van der Waals surface area (Å²) in [5, 5.41) is 0. The third kappa shape index (κ3) is 0.550. The first-order valence-corrected chi connectivity index (χ1v) is 4.86. The maximum Gasteiger partial charge on any atom is 0.0478 e. The molecule has 0 aromatic heterocycles. The van der Waals surface area contributed by atoms with E-state index in [1.807, 2.05) is 0 Å². The molecule has 0 spiro atoms. The van der Waals surface area contributed by atoms with E-state index in [-0.39, 0.29) is 0 Å². The van der Waals surface area contributed by atoms with Crippen LogP contribution in [0.4, 0.5) is 0 Å². The van der Waals surface area contributed by atoms with Crippen molar-refractivity contribution in [3.8, 4) is 0 Å². The first-order valence-electron chi connectivity index (χ1n) is 4.48. The summed E-state index contributed by atoms with van der Waals surface area (Å²) in [5.74, 6) is 3.10. The zero-order chi connectivity index (χ0) is 6.77. The highest BCUT2D eigenvalue weighted by Crippen LogP contribution is 2.66. The lowest BCUT2D eigenvalue weighted by atomic mass is 9.70. The largest absolute Gasteiger partial charge is 0.119 e. The van der Waals surface area contributed by atoms with Gasteiger partial charge in [0.15, 0.2) is 0 Å². The predicted octanol–water partition coefficient (Wildman–Crippen LogP) is 2.80. The van der Waals surface area contributed by atoms with Crippen molar-refractivity contribution in [2.45, 2.75) is 37.0 Å². The molecule has 10 heavy (non-hydrogen) atoms. The molecule has 0 N–H and O–H groups in total.